The Morgan fingerprint density at radius 3 is 2.19 bits per heavy atom. The molecule has 2 heterocycles. The van der Waals surface area contributed by atoms with Crippen LogP contribution < -0.4 is 0 Å². The first-order valence-electron chi connectivity index (χ1n) is 6.71. The second kappa shape index (κ2) is 6.36. The second-order valence-electron chi connectivity index (χ2n) is 5.44. The van der Waals surface area contributed by atoms with E-state index in [1.807, 2.05) is 0 Å². The minimum Gasteiger partial charge on any atom is -0.381 e. The van der Waals surface area contributed by atoms with Crippen LogP contribution in [0.4, 0.5) is 0 Å². The number of nitrogens with zero attached hydrogens (tertiary/aromatic N) is 1. The fourth-order valence-electron chi connectivity index (χ4n) is 2.91. The van der Waals surface area contributed by atoms with E-state index in [0.29, 0.717) is 5.41 Å². The maximum atomic E-state index is 5.50. The van der Waals surface area contributed by atoms with Crippen LogP contribution in [0.3, 0.4) is 0 Å². The van der Waals surface area contributed by atoms with Gasteiger partial charge in [-0.1, -0.05) is 28.8 Å². The number of likely N-dealkylation sites (tertiary alicyclic amines) is 1. The Morgan fingerprint density at radius 2 is 1.62 bits per heavy atom. The molecule has 94 valence electrons. The molecule has 0 N–H and O–H groups in total. The fraction of sp³-hybridized carbons (Fsp3) is 1.00. The summed E-state index contributed by atoms with van der Waals surface area (Å²) in [7, 11) is 0. The summed E-state index contributed by atoms with van der Waals surface area (Å²) in [4.78, 5) is 2.69. The van der Waals surface area contributed by atoms with Gasteiger partial charge in [-0.15, -0.1) is 0 Å². The first-order chi connectivity index (χ1) is 7.85. The first kappa shape index (κ1) is 12.8. The summed E-state index contributed by atoms with van der Waals surface area (Å²) < 4.78 is 5.50. The van der Waals surface area contributed by atoms with E-state index < -0.39 is 0 Å². The Kier molecular flexibility index (Phi) is 5.11. The smallest absolute Gasteiger partial charge is 0.0472 e. The van der Waals surface area contributed by atoms with Gasteiger partial charge in [0.2, 0.25) is 0 Å². The van der Waals surface area contributed by atoms with E-state index in [1.165, 1.54) is 58.2 Å². The molecule has 3 heteroatoms. The Balaban J connectivity index is 1.88. The SMILES string of the molecule is BrCC1(CN2CCCCCC2)CCOCC1. The zero-order chi connectivity index (χ0) is 11.3. The zero-order valence-electron chi connectivity index (χ0n) is 10.2. The zero-order valence-corrected chi connectivity index (χ0v) is 11.8. The van der Waals surface area contributed by atoms with Crippen molar-refractivity contribution >= 4 is 15.9 Å². The van der Waals surface area contributed by atoms with E-state index >= 15 is 0 Å². The van der Waals surface area contributed by atoms with Crippen LogP contribution in [0.5, 0.6) is 0 Å². The Bertz CT molecular complexity index is 196. The maximum absolute atomic E-state index is 5.50. The highest BCUT2D eigenvalue weighted by Crippen LogP contribution is 2.34. The minimum absolute atomic E-state index is 0.489. The van der Waals surface area contributed by atoms with Crippen LogP contribution >= 0.6 is 15.9 Å². The molecule has 0 aromatic carbocycles. The predicted octanol–water partition coefficient (Wildman–Crippen LogP) is 3.05. The lowest BCUT2D eigenvalue weighted by atomic mass is 9.82. The molecule has 0 unspecified atom stereocenters. The van der Waals surface area contributed by atoms with E-state index in [0.717, 1.165) is 18.5 Å². The van der Waals surface area contributed by atoms with E-state index in [1.54, 1.807) is 0 Å². The predicted molar refractivity (Wildman–Crippen MR) is 71.2 cm³/mol. The molecular weight excluding hydrogens is 266 g/mol. The van der Waals surface area contributed by atoms with Crippen LogP contribution in [0.1, 0.15) is 38.5 Å². The molecule has 2 rings (SSSR count). The molecule has 2 nitrogen and oxygen atoms in total. The molecule has 2 aliphatic rings. The van der Waals surface area contributed by atoms with Gasteiger partial charge in [0.05, 0.1) is 0 Å². The van der Waals surface area contributed by atoms with Gasteiger partial charge in [-0.25, -0.2) is 0 Å². The topological polar surface area (TPSA) is 12.5 Å². The van der Waals surface area contributed by atoms with Crippen LogP contribution in [-0.2, 0) is 4.74 Å². The van der Waals surface area contributed by atoms with Gasteiger partial charge in [-0.3, -0.25) is 0 Å². The fourth-order valence-corrected chi connectivity index (χ4v) is 3.65. The lowest BCUT2D eigenvalue weighted by Crippen LogP contribution is -2.43. The van der Waals surface area contributed by atoms with Crippen molar-refractivity contribution in [2.75, 3.05) is 38.2 Å². The number of alkyl halides is 1. The molecule has 0 spiro atoms. The summed E-state index contributed by atoms with van der Waals surface area (Å²) >= 11 is 3.73. The summed E-state index contributed by atoms with van der Waals surface area (Å²) in [5, 5.41) is 1.14. The van der Waals surface area contributed by atoms with Crippen molar-refractivity contribution in [1.29, 1.82) is 0 Å². The van der Waals surface area contributed by atoms with Crippen molar-refractivity contribution in [2.45, 2.75) is 38.5 Å². The third-order valence-electron chi connectivity index (χ3n) is 4.09. The van der Waals surface area contributed by atoms with Crippen molar-refractivity contribution in [3.63, 3.8) is 0 Å². The van der Waals surface area contributed by atoms with E-state index in [-0.39, 0.29) is 0 Å². The quantitative estimate of drug-likeness (QED) is 0.741. The summed E-state index contributed by atoms with van der Waals surface area (Å²) in [5.41, 5.74) is 0.489. The van der Waals surface area contributed by atoms with E-state index in [2.05, 4.69) is 20.8 Å². The third-order valence-corrected chi connectivity index (χ3v) is 5.28. The lowest BCUT2D eigenvalue weighted by Gasteiger charge is -2.39. The minimum atomic E-state index is 0.489. The summed E-state index contributed by atoms with van der Waals surface area (Å²) in [6.45, 7) is 5.83. The standard InChI is InChI=1S/C13H24BrNO/c14-11-13(5-9-16-10-6-13)12-15-7-3-1-2-4-8-15/h1-12H2. The molecule has 0 atom stereocenters. The van der Waals surface area contributed by atoms with Gasteiger partial charge in [0.15, 0.2) is 0 Å². The molecule has 0 bridgehead atoms. The first-order valence-corrected chi connectivity index (χ1v) is 7.83. The third kappa shape index (κ3) is 3.44. The summed E-state index contributed by atoms with van der Waals surface area (Å²) in [6, 6.07) is 0. The summed E-state index contributed by atoms with van der Waals surface area (Å²) in [6.07, 6.45) is 8.12. The van der Waals surface area contributed by atoms with Gasteiger partial charge >= 0.3 is 0 Å². The van der Waals surface area contributed by atoms with E-state index in [4.69, 9.17) is 4.74 Å². The molecule has 0 radical (unpaired) electrons. The van der Waals surface area contributed by atoms with Crippen LogP contribution in [0, 0.1) is 5.41 Å². The largest absolute Gasteiger partial charge is 0.381 e. The van der Waals surface area contributed by atoms with Crippen molar-refractivity contribution in [3.05, 3.63) is 0 Å². The molecule has 0 aliphatic carbocycles. The van der Waals surface area contributed by atoms with Crippen molar-refractivity contribution in [2.24, 2.45) is 5.41 Å². The van der Waals surface area contributed by atoms with Gasteiger partial charge in [-0.05, 0) is 44.2 Å². The molecule has 2 saturated heterocycles. The van der Waals surface area contributed by atoms with Crippen LogP contribution in [0.25, 0.3) is 0 Å². The Labute approximate surface area is 108 Å². The summed E-state index contributed by atoms with van der Waals surface area (Å²) in [5.74, 6) is 0. The molecule has 0 aromatic heterocycles. The molecule has 2 fully saturated rings. The van der Waals surface area contributed by atoms with Gasteiger partial charge in [0, 0.05) is 25.1 Å². The monoisotopic (exact) mass is 289 g/mol. The highest BCUT2D eigenvalue weighted by atomic mass is 79.9. The molecular formula is C13H24BrNO. The number of ether oxygens (including phenoxy) is 1. The molecule has 0 aromatic rings. The lowest BCUT2D eigenvalue weighted by molar-refractivity contribution is 0.00867. The number of rotatable bonds is 3. The van der Waals surface area contributed by atoms with Crippen molar-refractivity contribution < 1.29 is 4.74 Å². The Morgan fingerprint density at radius 1 is 1.00 bits per heavy atom. The van der Waals surface area contributed by atoms with Crippen LogP contribution in [-0.4, -0.2) is 43.1 Å². The number of halogens is 1. The molecule has 2 aliphatic heterocycles. The highest BCUT2D eigenvalue weighted by Gasteiger charge is 2.33. The highest BCUT2D eigenvalue weighted by molar-refractivity contribution is 9.09. The van der Waals surface area contributed by atoms with E-state index in [9.17, 15) is 0 Å². The molecule has 0 amide bonds. The average molecular weight is 290 g/mol. The van der Waals surface area contributed by atoms with Gasteiger partial charge in [-0.2, -0.15) is 0 Å². The van der Waals surface area contributed by atoms with Crippen molar-refractivity contribution in [1.82, 2.24) is 4.90 Å². The molecule has 16 heavy (non-hydrogen) atoms. The number of hydrogen-bond acceptors (Lipinski definition) is 2. The van der Waals surface area contributed by atoms with Gasteiger partial charge in [0.25, 0.3) is 0 Å². The van der Waals surface area contributed by atoms with Crippen LogP contribution in [0.2, 0.25) is 0 Å². The Hall–Kier alpha value is 0.400. The maximum Gasteiger partial charge on any atom is 0.0472 e. The van der Waals surface area contributed by atoms with Crippen molar-refractivity contribution in [3.8, 4) is 0 Å². The van der Waals surface area contributed by atoms with Crippen LogP contribution in [0.15, 0.2) is 0 Å². The second-order valence-corrected chi connectivity index (χ2v) is 6.00. The number of hydrogen-bond donors (Lipinski definition) is 0. The van der Waals surface area contributed by atoms with Gasteiger partial charge < -0.3 is 9.64 Å². The van der Waals surface area contributed by atoms with Gasteiger partial charge in [0.1, 0.15) is 0 Å². The molecule has 0 saturated carbocycles. The average Bonchev–Trinajstić information content (AvgIpc) is 2.59. The normalized spacial score (nSPS) is 27.6.